The minimum atomic E-state index is -2.76. The van der Waals surface area contributed by atoms with Crippen LogP contribution in [0.5, 0.6) is 17.2 Å². The number of nitrogens with one attached hydrogen (secondary N) is 1. The molecule has 0 saturated carbocycles. The maximum absolute atomic E-state index is 14.1. The number of carbonyl (C=O) groups excluding carboxylic acids is 4. The van der Waals surface area contributed by atoms with E-state index >= 15 is 0 Å². The largest absolute Gasteiger partial charge is 0.510 e. The van der Waals surface area contributed by atoms with E-state index in [0.29, 0.717) is 17.0 Å². The number of ether oxygens (including phenoxy) is 2. The summed E-state index contributed by atoms with van der Waals surface area (Å²) in [6, 6.07) is 6.56. The maximum Gasteiger partial charge on any atom is 0.417 e. The summed E-state index contributed by atoms with van der Waals surface area (Å²) in [5.41, 5.74) is 1.89. The predicted molar refractivity (Wildman–Crippen MR) is 161 cm³/mol. The molecular weight excluding hydrogens is 588 g/mol. The summed E-state index contributed by atoms with van der Waals surface area (Å²) in [5, 5.41) is 48.0. The maximum atomic E-state index is 14.1. The topological polar surface area (TPSA) is 212 Å². The summed E-state index contributed by atoms with van der Waals surface area (Å²) in [7, 11) is 8.01. The molecule has 0 spiro atoms. The van der Waals surface area contributed by atoms with Gasteiger partial charge in [-0.05, 0) is 68.8 Å². The molecule has 0 heterocycles. The molecule has 2 aromatic rings. The average Bonchev–Trinajstić information content (AvgIpc) is 2.96. The third-order valence-corrected chi connectivity index (χ3v) is 8.69. The van der Waals surface area contributed by atoms with Crippen LogP contribution in [0.3, 0.4) is 0 Å². The van der Waals surface area contributed by atoms with E-state index in [4.69, 9.17) is 15.2 Å². The van der Waals surface area contributed by atoms with Gasteiger partial charge in [-0.1, -0.05) is 0 Å². The highest BCUT2D eigenvalue weighted by Gasteiger charge is 2.63. The van der Waals surface area contributed by atoms with Crippen LogP contribution < -0.4 is 25.4 Å². The van der Waals surface area contributed by atoms with Crippen LogP contribution in [0.2, 0.25) is 0 Å². The van der Waals surface area contributed by atoms with Crippen LogP contribution in [-0.4, -0.2) is 95.8 Å². The quantitative estimate of drug-likeness (QED) is 0.201. The smallest absolute Gasteiger partial charge is 0.417 e. The first-order valence-corrected chi connectivity index (χ1v) is 14.0. The molecule has 14 nitrogen and oxygen atoms in total. The van der Waals surface area contributed by atoms with Gasteiger partial charge in [0.1, 0.15) is 28.6 Å². The fourth-order valence-electron chi connectivity index (χ4n) is 6.68. The lowest BCUT2D eigenvalue weighted by atomic mass is 9.58. The van der Waals surface area contributed by atoms with E-state index in [0.717, 1.165) is 0 Å². The number of nitrogens with zero attached hydrogens (tertiary/aromatic N) is 2. The summed E-state index contributed by atoms with van der Waals surface area (Å²) in [5.74, 6) is -6.91. The van der Waals surface area contributed by atoms with E-state index in [1.54, 1.807) is 45.2 Å². The number of rotatable bonds is 6. The van der Waals surface area contributed by atoms with Crippen molar-refractivity contribution >= 4 is 34.9 Å². The van der Waals surface area contributed by atoms with Gasteiger partial charge in [0.2, 0.25) is 5.78 Å². The number of aliphatic hydroxyl groups excluding tert-OH is 2. The van der Waals surface area contributed by atoms with Crippen LogP contribution in [0.4, 0.5) is 16.2 Å². The summed E-state index contributed by atoms with van der Waals surface area (Å²) >= 11 is 0. The molecule has 45 heavy (non-hydrogen) atoms. The molecule has 14 heteroatoms. The number of phenols is 1. The standard InChI is InChI=1S/C31H34N4O10/c1-34(2)19-12-18(33-30(42)45-15-8-6-14(44-5)7-9-15)24(36)21-16(19)10-13-11-17-23(35(3)4)26(38)22(29(32)41)28(40)31(17,43)27(39)20(13)25(21)37/h6-9,12-13,17,23,36,38-39,43H,10-11H2,1-5H3,(H2,32,41)(H,33,42)/t13-,17-,23-,31-/m1/s1. The predicted octanol–water partition coefficient (Wildman–Crippen LogP) is 1.81. The monoisotopic (exact) mass is 622 g/mol. The SMILES string of the molecule is COc1ccc(OC(=O)Nc2cc(N(C)C)c3c(c2O)C(=O)C2=C(O)[C@@]4(O)C(=O)C(C(N)=O)=C(O)[C@H](N(C)C)[C@H]4C[C@H]2C3)cc1. The van der Waals surface area contributed by atoms with E-state index in [1.807, 2.05) is 0 Å². The fraction of sp³-hybridized carbons (Fsp3) is 0.355. The number of Topliss-reactive ketones (excluding diaryl/α,β-unsaturated/α-hetero) is 2. The minimum absolute atomic E-state index is 0.0480. The zero-order valence-corrected chi connectivity index (χ0v) is 25.2. The number of methoxy groups -OCH3 is 1. The molecule has 0 bridgehead atoms. The van der Waals surface area contributed by atoms with Gasteiger partial charge in [0.05, 0.1) is 24.4 Å². The number of hydrogen-bond donors (Lipinski definition) is 6. The van der Waals surface area contributed by atoms with E-state index in [2.05, 4.69) is 5.32 Å². The Morgan fingerprint density at radius 2 is 1.67 bits per heavy atom. The summed E-state index contributed by atoms with van der Waals surface area (Å²) in [6.45, 7) is 0. The van der Waals surface area contributed by atoms with Crippen molar-refractivity contribution in [2.75, 3.05) is 45.5 Å². The van der Waals surface area contributed by atoms with Gasteiger partial charge in [0.15, 0.2) is 17.1 Å². The fourth-order valence-corrected chi connectivity index (χ4v) is 6.68. The number of hydrogen-bond acceptors (Lipinski definition) is 12. The second-order valence-corrected chi connectivity index (χ2v) is 11.7. The number of ketones is 2. The molecule has 0 aromatic heterocycles. The molecule has 2 aromatic carbocycles. The molecule has 4 atom stereocenters. The normalized spacial score (nSPS) is 24.1. The molecule has 2 amide bonds. The van der Waals surface area contributed by atoms with Crippen molar-refractivity contribution in [2.45, 2.75) is 24.5 Å². The second-order valence-electron chi connectivity index (χ2n) is 11.7. The Labute approximate surface area is 257 Å². The third kappa shape index (κ3) is 4.82. The van der Waals surface area contributed by atoms with Gasteiger partial charge < -0.3 is 40.5 Å². The van der Waals surface area contributed by atoms with Gasteiger partial charge in [-0.3, -0.25) is 24.6 Å². The van der Waals surface area contributed by atoms with E-state index < -0.39 is 69.9 Å². The highest BCUT2D eigenvalue weighted by molar-refractivity contribution is 6.25. The number of aromatic hydroxyl groups is 1. The Morgan fingerprint density at radius 3 is 2.22 bits per heavy atom. The Balaban J connectivity index is 1.60. The molecule has 0 fully saturated rings. The summed E-state index contributed by atoms with van der Waals surface area (Å²) in [4.78, 5) is 55.8. The number of allylic oxidation sites excluding steroid dienone is 1. The van der Waals surface area contributed by atoms with E-state index in [9.17, 15) is 39.6 Å². The first-order chi connectivity index (χ1) is 21.1. The van der Waals surface area contributed by atoms with Crippen molar-refractivity contribution in [3.05, 3.63) is 64.1 Å². The van der Waals surface area contributed by atoms with Crippen molar-refractivity contribution < 1.29 is 49.1 Å². The Morgan fingerprint density at radius 1 is 1.04 bits per heavy atom. The number of primary amides is 1. The minimum Gasteiger partial charge on any atom is -0.510 e. The van der Waals surface area contributed by atoms with Crippen LogP contribution >= 0.6 is 0 Å². The van der Waals surface area contributed by atoms with Crippen molar-refractivity contribution in [2.24, 2.45) is 17.6 Å². The number of benzene rings is 2. The number of fused-ring (bicyclic) bond motifs is 3. The lowest BCUT2D eigenvalue weighted by molar-refractivity contribution is -0.148. The molecule has 5 rings (SSSR count). The first kappa shape index (κ1) is 31.3. The molecule has 7 N–H and O–H groups in total. The Kier molecular flexibility index (Phi) is 7.75. The van der Waals surface area contributed by atoms with Gasteiger partial charge in [0, 0.05) is 31.3 Å². The van der Waals surface area contributed by atoms with Gasteiger partial charge in [0.25, 0.3) is 5.91 Å². The summed E-state index contributed by atoms with van der Waals surface area (Å²) < 4.78 is 10.4. The van der Waals surface area contributed by atoms with E-state index in [1.165, 1.54) is 30.2 Å². The first-order valence-electron chi connectivity index (χ1n) is 14.0. The number of likely N-dealkylation sites (N-methyl/N-ethyl adjacent to an activating group) is 1. The highest BCUT2D eigenvalue weighted by atomic mass is 16.6. The van der Waals surface area contributed by atoms with Crippen LogP contribution in [0, 0.1) is 11.8 Å². The lowest BCUT2D eigenvalue weighted by Crippen LogP contribution is -2.63. The number of carbonyl (C=O) groups is 4. The number of nitrogens with two attached hydrogens (primary N) is 1. The van der Waals surface area contributed by atoms with Crippen LogP contribution in [-0.2, 0) is 16.0 Å². The molecule has 0 saturated heterocycles. The molecule has 0 aliphatic heterocycles. The number of anilines is 2. The van der Waals surface area contributed by atoms with Crippen molar-refractivity contribution in [3.8, 4) is 17.2 Å². The van der Waals surface area contributed by atoms with Crippen LogP contribution in [0.25, 0.3) is 0 Å². The Bertz CT molecular complexity index is 1690. The zero-order chi connectivity index (χ0) is 33.1. The van der Waals surface area contributed by atoms with Gasteiger partial charge >= 0.3 is 6.09 Å². The number of aliphatic hydroxyl groups is 3. The molecular formula is C31H34N4O10. The van der Waals surface area contributed by atoms with Crippen molar-refractivity contribution in [1.29, 1.82) is 0 Å². The molecule has 3 aliphatic carbocycles. The van der Waals surface area contributed by atoms with Crippen LogP contribution in [0.1, 0.15) is 22.3 Å². The average molecular weight is 623 g/mol. The molecule has 0 radical (unpaired) electrons. The van der Waals surface area contributed by atoms with Gasteiger partial charge in [-0.15, -0.1) is 0 Å². The number of amides is 2. The molecule has 238 valence electrons. The lowest BCUT2D eigenvalue weighted by Gasteiger charge is -2.50. The van der Waals surface area contributed by atoms with Crippen molar-refractivity contribution in [1.82, 2.24) is 4.90 Å². The van der Waals surface area contributed by atoms with Crippen LogP contribution in [0.15, 0.2) is 53.0 Å². The number of phenolic OH excluding ortho intramolecular Hbond substituents is 1. The Hall–Kier alpha value is -5.08. The second kappa shape index (κ2) is 11.1. The highest BCUT2D eigenvalue weighted by Crippen LogP contribution is 2.54. The molecule has 3 aliphatic rings. The molecule has 0 unspecified atom stereocenters. The summed E-state index contributed by atoms with van der Waals surface area (Å²) in [6.07, 6.45) is -0.925. The van der Waals surface area contributed by atoms with Gasteiger partial charge in [-0.25, -0.2) is 4.79 Å². The third-order valence-electron chi connectivity index (χ3n) is 8.69. The van der Waals surface area contributed by atoms with E-state index in [-0.39, 0.29) is 35.4 Å². The van der Waals surface area contributed by atoms with Crippen molar-refractivity contribution in [3.63, 3.8) is 0 Å². The van der Waals surface area contributed by atoms with Gasteiger partial charge in [-0.2, -0.15) is 0 Å². The zero-order valence-electron chi connectivity index (χ0n) is 25.2.